The van der Waals surface area contributed by atoms with Gasteiger partial charge < -0.3 is 10.4 Å². The van der Waals surface area contributed by atoms with Crippen LogP contribution in [0, 0.1) is 6.92 Å². The number of nitrogens with one attached hydrogen (secondary N) is 1. The molecule has 0 fully saturated rings. The molecule has 1 atom stereocenters. The second-order valence-corrected chi connectivity index (χ2v) is 6.38. The molecule has 6 heteroatoms. The van der Waals surface area contributed by atoms with Crippen molar-refractivity contribution in [1.82, 2.24) is 5.32 Å². The largest absolute Gasteiger partial charge is 0.480 e. The standard InChI is InChI=1S/C15H18BrNO3S/c1-10-3-4-11(12(16)9-10)5-6-14(18)17-13(15(19)20)7-8-21-2/h3-6,9,13H,7-8H2,1-2H3,(H,17,18)(H,19,20)/b6-5+/t13-/m0/s1. The zero-order valence-corrected chi connectivity index (χ0v) is 14.3. The Morgan fingerprint density at radius 1 is 1.48 bits per heavy atom. The SMILES string of the molecule is CSCC[C@H](NC(=O)/C=C/c1ccc(C)cc1Br)C(=O)O. The molecule has 1 rings (SSSR count). The lowest BCUT2D eigenvalue weighted by atomic mass is 10.1. The lowest BCUT2D eigenvalue weighted by molar-refractivity contribution is -0.141. The molecule has 2 N–H and O–H groups in total. The molecule has 0 saturated heterocycles. The van der Waals surface area contributed by atoms with Gasteiger partial charge >= 0.3 is 5.97 Å². The first-order valence-corrected chi connectivity index (χ1v) is 8.59. The molecule has 1 aromatic rings. The van der Waals surface area contributed by atoms with E-state index >= 15 is 0 Å². The number of carbonyl (C=O) groups excluding carboxylic acids is 1. The summed E-state index contributed by atoms with van der Waals surface area (Å²) in [5.41, 5.74) is 1.98. The summed E-state index contributed by atoms with van der Waals surface area (Å²) in [7, 11) is 0. The maximum atomic E-state index is 11.8. The highest BCUT2D eigenvalue weighted by molar-refractivity contribution is 9.10. The second-order valence-electron chi connectivity index (χ2n) is 4.54. The van der Waals surface area contributed by atoms with Gasteiger partial charge in [-0.1, -0.05) is 28.1 Å². The van der Waals surface area contributed by atoms with Gasteiger partial charge in [0.1, 0.15) is 6.04 Å². The van der Waals surface area contributed by atoms with Crippen LogP contribution in [0.5, 0.6) is 0 Å². The minimum Gasteiger partial charge on any atom is -0.480 e. The molecule has 0 heterocycles. The van der Waals surface area contributed by atoms with Gasteiger partial charge in [0.2, 0.25) is 5.91 Å². The van der Waals surface area contributed by atoms with Crippen LogP contribution in [0.2, 0.25) is 0 Å². The van der Waals surface area contributed by atoms with Gasteiger partial charge in [0, 0.05) is 10.5 Å². The predicted octanol–water partition coefficient (Wildman–Crippen LogP) is 3.09. The maximum Gasteiger partial charge on any atom is 0.326 e. The van der Waals surface area contributed by atoms with Crippen LogP contribution in [0.1, 0.15) is 17.5 Å². The number of amides is 1. The van der Waals surface area contributed by atoms with Crippen molar-refractivity contribution in [2.45, 2.75) is 19.4 Å². The smallest absolute Gasteiger partial charge is 0.326 e. The second kappa shape index (κ2) is 8.89. The van der Waals surface area contributed by atoms with Crippen LogP contribution in [0.4, 0.5) is 0 Å². The number of hydrogen-bond donors (Lipinski definition) is 2. The van der Waals surface area contributed by atoms with Crippen LogP contribution in [-0.4, -0.2) is 35.0 Å². The molecule has 0 aromatic heterocycles. The Kier molecular flexibility index (Phi) is 7.53. The van der Waals surface area contributed by atoms with E-state index in [0.717, 1.165) is 15.6 Å². The summed E-state index contributed by atoms with van der Waals surface area (Å²) in [6, 6.07) is 4.94. The Bertz CT molecular complexity index is 546. The van der Waals surface area contributed by atoms with Gasteiger partial charge in [-0.15, -0.1) is 0 Å². The Morgan fingerprint density at radius 3 is 2.76 bits per heavy atom. The number of aryl methyl sites for hydroxylation is 1. The van der Waals surface area contributed by atoms with Crippen LogP contribution < -0.4 is 5.32 Å². The van der Waals surface area contributed by atoms with Crippen molar-refractivity contribution in [2.75, 3.05) is 12.0 Å². The molecule has 1 amide bonds. The predicted molar refractivity (Wildman–Crippen MR) is 90.5 cm³/mol. The summed E-state index contributed by atoms with van der Waals surface area (Å²) in [5, 5.41) is 11.6. The molecule has 0 radical (unpaired) electrons. The van der Waals surface area contributed by atoms with Gasteiger partial charge in [-0.2, -0.15) is 11.8 Å². The molecule has 0 spiro atoms. The number of benzene rings is 1. The van der Waals surface area contributed by atoms with E-state index in [-0.39, 0.29) is 0 Å². The molecule has 4 nitrogen and oxygen atoms in total. The molecule has 0 aliphatic carbocycles. The number of halogens is 1. The zero-order chi connectivity index (χ0) is 15.8. The minimum absolute atomic E-state index is 0.407. The van der Waals surface area contributed by atoms with Gasteiger partial charge in [0.25, 0.3) is 0 Å². The topological polar surface area (TPSA) is 66.4 Å². The first kappa shape index (κ1) is 17.8. The Hall–Kier alpha value is -1.27. The van der Waals surface area contributed by atoms with Gasteiger partial charge in [-0.05, 0) is 48.6 Å². The lowest BCUT2D eigenvalue weighted by Crippen LogP contribution is -2.40. The summed E-state index contributed by atoms with van der Waals surface area (Å²) in [6.07, 6.45) is 5.32. The van der Waals surface area contributed by atoms with Crippen molar-refractivity contribution in [3.05, 3.63) is 39.9 Å². The molecule has 0 aliphatic heterocycles. The fraction of sp³-hybridized carbons (Fsp3) is 0.333. The van der Waals surface area contributed by atoms with E-state index in [1.165, 1.54) is 6.08 Å². The summed E-state index contributed by atoms with van der Waals surface area (Å²) in [6.45, 7) is 1.98. The van der Waals surface area contributed by atoms with E-state index in [9.17, 15) is 9.59 Å². The first-order chi connectivity index (χ1) is 9.93. The monoisotopic (exact) mass is 371 g/mol. The van der Waals surface area contributed by atoms with E-state index in [4.69, 9.17) is 5.11 Å². The van der Waals surface area contributed by atoms with E-state index < -0.39 is 17.9 Å². The molecular weight excluding hydrogens is 354 g/mol. The number of aliphatic carboxylic acids is 1. The first-order valence-electron chi connectivity index (χ1n) is 6.40. The minimum atomic E-state index is -1.01. The molecular formula is C15H18BrNO3S. The molecule has 1 aromatic carbocycles. The molecule has 0 bridgehead atoms. The lowest BCUT2D eigenvalue weighted by Gasteiger charge is -2.12. The normalized spacial score (nSPS) is 12.3. The third-order valence-corrected chi connectivity index (χ3v) is 4.13. The molecule has 21 heavy (non-hydrogen) atoms. The highest BCUT2D eigenvalue weighted by Gasteiger charge is 2.17. The van der Waals surface area contributed by atoms with Crippen molar-refractivity contribution in [1.29, 1.82) is 0 Å². The third kappa shape index (κ3) is 6.35. The molecule has 0 aliphatic rings. The van der Waals surface area contributed by atoms with Gasteiger partial charge in [-0.25, -0.2) is 4.79 Å². The number of carbonyl (C=O) groups is 2. The number of carboxylic acid groups (broad SMARTS) is 1. The van der Waals surface area contributed by atoms with Crippen molar-refractivity contribution < 1.29 is 14.7 Å². The van der Waals surface area contributed by atoms with E-state index in [1.807, 2.05) is 31.4 Å². The van der Waals surface area contributed by atoms with Crippen molar-refractivity contribution in [2.24, 2.45) is 0 Å². The highest BCUT2D eigenvalue weighted by Crippen LogP contribution is 2.19. The average Bonchev–Trinajstić information content (AvgIpc) is 2.42. The molecule has 0 saturated carbocycles. The Balaban J connectivity index is 2.66. The van der Waals surface area contributed by atoms with Crippen LogP contribution >= 0.6 is 27.7 Å². The van der Waals surface area contributed by atoms with Gasteiger partial charge in [-0.3, -0.25) is 4.79 Å². The maximum absolute atomic E-state index is 11.8. The van der Waals surface area contributed by atoms with E-state index in [2.05, 4.69) is 21.2 Å². The molecule has 0 unspecified atom stereocenters. The quantitative estimate of drug-likeness (QED) is 0.722. The van der Waals surface area contributed by atoms with E-state index in [0.29, 0.717) is 12.2 Å². The number of rotatable bonds is 7. The summed E-state index contributed by atoms with van der Waals surface area (Å²) in [4.78, 5) is 22.8. The van der Waals surface area contributed by atoms with Crippen LogP contribution in [0.3, 0.4) is 0 Å². The number of thioether (sulfide) groups is 1. The average molecular weight is 372 g/mol. The summed E-state index contributed by atoms with van der Waals surface area (Å²) >= 11 is 4.97. The molecule has 114 valence electrons. The zero-order valence-electron chi connectivity index (χ0n) is 11.9. The summed E-state index contributed by atoms with van der Waals surface area (Å²) < 4.78 is 0.892. The van der Waals surface area contributed by atoms with Crippen molar-refractivity contribution >= 4 is 45.6 Å². The highest BCUT2D eigenvalue weighted by atomic mass is 79.9. The Morgan fingerprint density at radius 2 is 2.19 bits per heavy atom. The Labute approximate surface area is 137 Å². The van der Waals surface area contributed by atoms with Crippen molar-refractivity contribution in [3.63, 3.8) is 0 Å². The summed E-state index contributed by atoms with van der Waals surface area (Å²) in [5.74, 6) is -0.733. The van der Waals surface area contributed by atoms with Crippen molar-refractivity contribution in [3.8, 4) is 0 Å². The third-order valence-electron chi connectivity index (χ3n) is 2.80. The fourth-order valence-corrected chi connectivity index (χ4v) is 2.74. The number of hydrogen-bond acceptors (Lipinski definition) is 3. The van der Waals surface area contributed by atoms with Crippen LogP contribution in [-0.2, 0) is 9.59 Å². The van der Waals surface area contributed by atoms with Crippen LogP contribution in [0.15, 0.2) is 28.7 Å². The van der Waals surface area contributed by atoms with Crippen LogP contribution in [0.25, 0.3) is 6.08 Å². The fourth-order valence-electron chi connectivity index (χ4n) is 1.65. The van der Waals surface area contributed by atoms with Gasteiger partial charge in [0.15, 0.2) is 0 Å². The van der Waals surface area contributed by atoms with E-state index in [1.54, 1.807) is 17.8 Å². The number of carboxylic acids is 1. The van der Waals surface area contributed by atoms with Gasteiger partial charge in [0.05, 0.1) is 0 Å².